The van der Waals surface area contributed by atoms with Crippen LogP contribution in [0.5, 0.6) is 0 Å². The number of carbonyl (C=O) groups excluding carboxylic acids is 4. The van der Waals surface area contributed by atoms with Crippen molar-refractivity contribution < 1.29 is 122 Å². The van der Waals surface area contributed by atoms with Crippen LogP contribution in [0.2, 0.25) is 0 Å². The van der Waals surface area contributed by atoms with Crippen LogP contribution < -0.4 is 10.6 Å². The van der Waals surface area contributed by atoms with Crippen LogP contribution in [0.3, 0.4) is 0 Å². The molecule has 27 heteroatoms. The van der Waals surface area contributed by atoms with Gasteiger partial charge in [0.2, 0.25) is 11.8 Å². The second kappa shape index (κ2) is 23.4. The van der Waals surface area contributed by atoms with Crippen molar-refractivity contribution in [1.29, 1.82) is 0 Å². The van der Waals surface area contributed by atoms with Crippen LogP contribution in [-0.2, 0) is 80.9 Å². The van der Waals surface area contributed by atoms with Crippen molar-refractivity contribution in [1.82, 2.24) is 10.6 Å². The molecule has 4 saturated heterocycles. The van der Waals surface area contributed by atoms with Crippen LogP contribution in [0.4, 0.5) is 0 Å². The molecule has 0 aromatic carbocycles. The highest BCUT2D eigenvalue weighted by Crippen LogP contribution is 2.35. The quantitative estimate of drug-likeness (QED) is 0.0328. The molecule has 368 valence electrons. The fourth-order valence-electron chi connectivity index (χ4n) is 7.34. The van der Waals surface area contributed by atoms with Crippen LogP contribution in [0, 0.1) is 0 Å². The lowest BCUT2D eigenvalue weighted by molar-refractivity contribution is -0.369. The first-order chi connectivity index (χ1) is 30.6. The van der Waals surface area contributed by atoms with E-state index in [1.54, 1.807) is 0 Å². The number of amides is 2. The smallest absolute Gasteiger partial charge is 0.335 e. The maximum atomic E-state index is 12.8. The van der Waals surface area contributed by atoms with Crippen LogP contribution in [0.25, 0.3) is 0 Å². The molecule has 0 aromatic rings. The summed E-state index contributed by atoms with van der Waals surface area (Å²) in [6.07, 6.45) is -34.2. The molecule has 65 heavy (non-hydrogen) atoms. The summed E-state index contributed by atoms with van der Waals surface area (Å²) in [4.78, 5) is 74.2. The van der Waals surface area contributed by atoms with E-state index in [9.17, 15) is 69.6 Å². The van der Waals surface area contributed by atoms with Crippen LogP contribution in [0.15, 0.2) is 24.8 Å². The van der Waals surface area contributed by atoms with Gasteiger partial charge in [0.1, 0.15) is 98.5 Å². The van der Waals surface area contributed by atoms with Gasteiger partial charge in [-0.05, 0) is 6.92 Å². The molecule has 0 aliphatic carbocycles. The third-order valence-corrected chi connectivity index (χ3v) is 10.5. The van der Waals surface area contributed by atoms with Crippen molar-refractivity contribution in [3.05, 3.63) is 24.8 Å². The summed E-state index contributed by atoms with van der Waals surface area (Å²) in [5.41, 5.74) is -0.0958. The Bertz CT molecular complexity index is 1720. The fraction of sp³-hybridized carbons (Fsp3) is 0.737. The van der Waals surface area contributed by atoms with Gasteiger partial charge in [-0.3, -0.25) is 14.4 Å². The van der Waals surface area contributed by atoms with Crippen LogP contribution in [-0.4, -0.2) is 227 Å². The molecule has 2 amide bonds. The Kier molecular flexibility index (Phi) is 19.2. The third-order valence-electron chi connectivity index (χ3n) is 10.5. The number of methoxy groups -OCH3 is 2. The Labute approximate surface area is 370 Å². The van der Waals surface area contributed by atoms with E-state index in [2.05, 4.69) is 23.8 Å². The third kappa shape index (κ3) is 12.8. The summed E-state index contributed by atoms with van der Waals surface area (Å²) in [5, 5.41) is 92.6. The molecular formula is C38H56N2O25. The molecule has 27 nitrogen and oxygen atoms in total. The number of carboxylic acids is 2. The van der Waals surface area contributed by atoms with Gasteiger partial charge in [-0.15, -0.1) is 6.58 Å². The van der Waals surface area contributed by atoms with Gasteiger partial charge in [-0.2, -0.15) is 0 Å². The molecule has 20 atom stereocenters. The minimum absolute atomic E-state index is 0.0958. The second-order valence-corrected chi connectivity index (χ2v) is 15.3. The Morgan fingerprint density at radius 2 is 1.00 bits per heavy atom. The topological polar surface area (TPSA) is 390 Å². The minimum Gasteiger partial charge on any atom is -0.479 e. The van der Waals surface area contributed by atoms with Crippen LogP contribution >= 0.6 is 0 Å². The van der Waals surface area contributed by atoms with E-state index in [0.717, 1.165) is 28.1 Å². The van der Waals surface area contributed by atoms with Gasteiger partial charge in [0, 0.05) is 33.6 Å². The summed E-state index contributed by atoms with van der Waals surface area (Å²) in [6, 6.07) is -3.25. The number of nitrogens with one attached hydrogen (secondary N) is 2. The zero-order valence-corrected chi connectivity index (χ0v) is 35.7. The number of aliphatic hydroxyl groups is 6. The lowest BCUT2D eigenvalue weighted by Crippen LogP contribution is -2.71. The molecule has 4 aliphatic heterocycles. The van der Waals surface area contributed by atoms with E-state index < -0.39 is 172 Å². The van der Waals surface area contributed by atoms with Gasteiger partial charge in [-0.25, -0.2) is 14.4 Å². The Morgan fingerprint density at radius 3 is 1.43 bits per heavy atom. The van der Waals surface area contributed by atoms with Crippen molar-refractivity contribution in [3.63, 3.8) is 0 Å². The highest BCUT2D eigenvalue weighted by atomic mass is 16.8. The largest absolute Gasteiger partial charge is 0.479 e. The molecule has 0 radical (unpaired) electrons. The lowest BCUT2D eigenvalue weighted by atomic mass is 9.94. The summed E-state index contributed by atoms with van der Waals surface area (Å²) in [7, 11) is 2.19. The van der Waals surface area contributed by atoms with Crippen molar-refractivity contribution >= 4 is 35.7 Å². The van der Waals surface area contributed by atoms with E-state index in [1.165, 1.54) is 13.0 Å². The minimum atomic E-state index is -2.34. The van der Waals surface area contributed by atoms with E-state index in [0.29, 0.717) is 0 Å². The van der Waals surface area contributed by atoms with Crippen LogP contribution in [0.1, 0.15) is 27.2 Å². The highest BCUT2D eigenvalue weighted by Gasteiger charge is 2.58. The second-order valence-electron chi connectivity index (χ2n) is 15.3. The number of rotatable bonds is 19. The maximum absolute atomic E-state index is 12.8. The van der Waals surface area contributed by atoms with Gasteiger partial charge in [0.05, 0.1) is 6.42 Å². The van der Waals surface area contributed by atoms with Crippen molar-refractivity contribution in [2.24, 2.45) is 0 Å². The van der Waals surface area contributed by atoms with Crippen molar-refractivity contribution in [2.75, 3.05) is 27.4 Å². The SMILES string of the molecule is C=CCC(=O)OCC1OC(OC)[C@@H](NC(C)=O)[C@@H](OC2OC(C(=O)O)[C@@H](OC3OC(COC(=O)C(=C)C)[C@@H](O)[C@H](OC4OC(C(=O)O)[C@@H](OC)[C@H](O)[C@@H]4O)[C@@H]3NC(C)=O)[C@H](O)[C@@H]2O)[C@@H]1O. The number of esters is 2. The summed E-state index contributed by atoms with van der Waals surface area (Å²) in [6.45, 7) is 8.84. The molecule has 0 bridgehead atoms. The number of aliphatic carboxylic acids is 2. The number of carbonyl (C=O) groups is 6. The maximum Gasteiger partial charge on any atom is 0.335 e. The molecule has 8 unspecified atom stereocenters. The number of aliphatic hydroxyl groups excluding tert-OH is 6. The molecule has 0 aromatic heterocycles. The Hall–Kier alpha value is -4.30. The summed E-state index contributed by atoms with van der Waals surface area (Å²) < 4.78 is 60.8. The number of ether oxygens (including phenoxy) is 11. The average molecular weight is 941 g/mol. The predicted octanol–water partition coefficient (Wildman–Crippen LogP) is -5.71. The fourth-order valence-corrected chi connectivity index (χ4v) is 7.34. The summed E-state index contributed by atoms with van der Waals surface area (Å²) >= 11 is 0. The standard InChI is InChI=1S/C38H56N2O25/c1-8-9-17(43)57-10-15-20(44)26(18(39-13(4)41)35(56-7)59-15)61-38-25(49)23(47)29(31(65-38)33(52)53)63-36-19(40-14(5)42)27(21(45)16(60-36)11-58-34(54)12(2)3)62-37-24(48)22(46)28(55-6)30(64-37)32(50)51/h8,15-16,18-31,35-38,44-49H,1-2,9-11H2,3-7H3,(H,39,41)(H,40,42)(H,50,51)(H,52,53)/t15?,16?,18-,19-,20+,21+,22+,23+,24-,25-,26+,27+,28-,29-,30?,31?,35?,36?,37?,38?/m0/s1. The predicted molar refractivity (Wildman–Crippen MR) is 205 cm³/mol. The molecule has 0 spiro atoms. The van der Waals surface area contributed by atoms with E-state index >= 15 is 0 Å². The van der Waals surface area contributed by atoms with E-state index in [4.69, 9.17) is 52.1 Å². The summed E-state index contributed by atoms with van der Waals surface area (Å²) in [5.74, 6) is -6.84. The van der Waals surface area contributed by atoms with E-state index in [-0.39, 0.29) is 12.0 Å². The van der Waals surface area contributed by atoms with Crippen molar-refractivity contribution in [2.45, 2.75) is 150 Å². The number of hydrogen-bond donors (Lipinski definition) is 10. The van der Waals surface area contributed by atoms with Gasteiger partial charge in [-0.1, -0.05) is 12.7 Å². The first-order valence-corrected chi connectivity index (χ1v) is 19.9. The first kappa shape index (κ1) is 53.3. The van der Waals surface area contributed by atoms with E-state index in [1.807, 2.05) is 0 Å². The van der Waals surface area contributed by atoms with Gasteiger partial charge in [0.15, 0.2) is 37.4 Å². The molecule has 10 N–H and O–H groups in total. The Morgan fingerprint density at radius 1 is 0.569 bits per heavy atom. The molecule has 4 rings (SSSR count). The van der Waals surface area contributed by atoms with Gasteiger partial charge < -0.3 is 104 Å². The molecule has 4 aliphatic rings. The zero-order valence-electron chi connectivity index (χ0n) is 35.7. The molecular weight excluding hydrogens is 884 g/mol. The lowest BCUT2D eigenvalue weighted by Gasteiger charge is -2.50. The monoisotopic (exact) mass is 940 g/mol. The van der Waals surface area contributed by atoms with Gasteiger partial charge in [0.25, 0.3) is 0 Å². The molecule has 4 heterocycles. The molecule has 0 saturated carbocycles. The Balaban J connectivity index is 1.69. The normalized spacial score (nSPS) is 39.6. The molecule has 4 fully saturated rings. The highest BCUT2D eigenvalue weighted by molar-refractivity contribution is 5.87. The average Bonchev–Trinajstić information content (AvgIpc) is 3.23. The number of hydrogen-bond acceptors (Lipinski definition) is 23. The van der Waals surface area contributed by atoms with Crippen molar-refractivity contribution in [3.8, 4) is 0 Å². The first-order valence-electron chi connectivity index (χ1n) is 19.9. The number of carboxylic acid groups (broad SMARTS) is 2. The van der Waals surface area contributed by atoms with Gasteiger partial charge >= 0.3 is 23.9 Å². The zero-order chi connectivity index (χ0) is 48.6.